The zero-order valence-electron chi connectivity index (χ0n) is 14.6. The second-order valence-electron chi connectivity index (χ2n) is 5.91. The first-order valence-corrected chi connectivity index (χ1v) is 10.9. The van der Waals surface area contributed by atoms with Crippen molar-refractivity contribution in [3.63, 3.8) is 0 Å². The second kappa shape index (κ2) is 7.10. The SMILES string of the molecule is O=S(=O)(O)c1ncnc(-c2ccc3ccc(-c4ncnc(S(=O)(=O)O)n4)cc3c2)n1. The van der Waals surface area contributed by atoms with Gasteiger partial charge in [0.05, 0.1) is 0 Å². The molecule has 0 spiro atoms. The highest BCUT2D eigenvalue weighted by molar-refractivity contribution is 7.85. The Morgan fingerprint density at radius 3 is 1.43 bits per heavy atom. The Bertz CT molecular complexity index is 1400. The quantitative estimate of drug-likeness (QED) is 0.425. The van der Waals surface area contributed by atoms with Gasteiger partial charge in [-0.25, -0.2) is 19.9 Å². The number of rotatable bonds is 4. The Balaban J connectivity index is 1.81. The van der Waals surface area contributed by atoms with Crippen LogP contribution in [0.4, 0.5) is 0 Å². The topological polar surface area (TPSA) is 186 Å². The number of benzene rings is 2. The van der Waals surface area contributed by atoms with Gasteiger partial charge in [-0.3, -0.25) is 9.11 Å². The van der Waals surface area contributed by atoms with Crippen molar-refractivity contribution >= 4 is 31.0 Å². The van der Waals surface area contributed by atoms with Crippen molar-refractivity contribution in [3.8, 4) is 22.8 Å². The van der Waals surface area contributed by atoms with Crippen LogP contribution in [0.1, 0.15) is 0 Å². The molecule has 12 nitrogen and oxygen atoms in total. The highest BCUT2D eigenvalue weighted by Gasteiger charge is 2.17. The third kappa shape index (κ3) is 3.97. The zero-order valence-corrected chi connectivity index (χ0v) is 16.3. The van der Waals surface area contributed by atoms with Gasteiger partial charge in [-0.1, -0.05) is 24.3 Å². The van der Waals surface area contributed by atoms with Crippen LogP contribution >= 0.6 is 0 Å². The number of nitrogens with zero attached hydrogens (tertiary/aromatic N) is 6. The summed E-state index contributed by atoms with van der Waals surface area (Å²) in [5.41, 5.74) is 0.891. The fourth-order valence-electron chi connectivity index (χ4n) is 2.61. The smallest absolute Gasteiger partial charge is 0.279 e. The summed E-state index contributed by atoms with van der Waals surface area (Å²) in [6.45, 7) is 0. The predicted molar refractivity (Wildman–Crippen MR) is 101 cm³/mol. The standard InChI is InChI=1S/C16H10N6O6S2/c23-29(24,25)15-19-7-17-13(21-15)10-3-1-9-2-4-11(6-12(9)5-10)14-18-8-20-16(22-14)30(26,27)28/h1-8H,(H,23,24,25)(H,26,27,28). The van der Waals surface area contributed by atoms with Gasteiger partial charge >= 0.3 is 20.2 Å². The summed E-state index contributed by atoms with van der Waals surface area (Å²) in [5, 5.41) is -0.0863. The first-order chi connectivity index (χ1) is 14.1. The lowest BCUT2D eigenvalue weighted by molar-refractivity contribution is 0.471. The van der Waals surface area contributed by atoms with E-state index in [1.165, 1.54) is 0 Å². The van der Waals surface area contributed by atoms with Crippen LogP contribution in [0.3, 0.4) is 0 Å². The summed E-state index contributed by atoms with van der Waals surface area (Å²) in [4.78, 5) is 22.2. The van der Waals surface area contributed by atoms with E-state index in [9.17, 15) is 16.8 Å². The molecule has 2 aromatic carbocycles. The second-order valence-corrected chi connectivity index (χ2v) is 8.54. The normalized spacial score (nSPS) is 12.2. The van der Waals surface area contributed by atoms with Gasteiger partial charge < -0.3 is 0 Å². The van der Waals surface area contributed by atoms with Crippen LogP contribution in [-0.2, 0) is 20.2 Å². The molecule has 4 rings (SSSR count). The molecular formula is C16H10N6O6S2. The molecule has 152 valence electrons. The van der Waals surface area contributed by atoms with Crippen LogP contribution in [0, 0.1) is 0 Å². The lowest BCUT2D eigenvalue weighted by Gasteiger charge is -2.06. The molecule has 2 aromatic heterocycles. The summed E-state index contributed by atoms with van der Waals surface area (Å²) in [6, 6.07) is 10.1. The van der Waals surface area contributed by atoms with Crippen molar-refractivity contribution in [1.29, 1.82) is 0 Å². The first-order valence-electron chi connectivity index (χ1n) is 7.99. The van der Waals surface area contributed by atoms with E-state index in [2.05, 4.69) is 29.9 Å². The fraction of sp³-hybridized carbons (Fsp3) is 0. The fourth-order valence-corrected chi connectivity index (χ4v) is 3.38. The largest absolute Gasteiger partial charge is 0.330 e. The van der Waals surface area contributed by atoms with E-state index in [1.807, 2.05) is 0 Å². The molecule has 0 bridgehead atoms. The molecule has 4 aromatic rings. The van der Waals surface area contributed by atoms with Crippen LogP contribution in [0.15, 0.2) is 59.4 Å². The third-order valence-electron chi connectivity index (χ3n) is 3.92. The van der Waals surface area contributed by atoms with Crippen LogP contribution in [0.2, 0.25) is 0 Å². The molecule has 30 heavy (non-hydrogen) atoms. The van der Waals surface area contributed by atoms with Crippen molar-refractivity contribution in [2.45, 2.75) is 10.3 Å². The Labute approximate surface area is 169 Å². The van der Waals surface area contributed by atoms with E-state index in [0.717, 1.165) is 18.0 Å². The van der Waals surface area contributed by atoms with Gasteiger partial charge in [0.2, 0.25) is 0 Å². The summed E-state index contributed by atoms with van der Waals surface area (Å²) in [7, 11) is -9.18. The molecule has 0 aliphatic heterocycles. The summed E-state index contributed by atoms with van der Waals surface area (Å²) < 4.78 is 63.2. The summed E-state index contributed by atoms with van der Waals surface area (Å²) >= 11 is 0. The molecule has 0 radical (unpaired) electrons. The van der Waals surface area contributed by atoms with Gasteiger partial charge in [0.1, 0.15) is 12.7 Å². The molecule has 0 amide bonds. The average Bonchev–Trinajstić information content (AvgIpc) is 2.72. The highest BCUT2D eigenvalue weighted by Crippen LogP contribution is 2.26. The molecule has 0 saturated carbocycles. The molecule has 0 saturated heterocycles. The molecule has 0 unspecified atom stereocenters. The monoisotopic (exact) mass is 446 g/mol. The van der Waals surface area contributed by atoms with Gasteiger partial charge in [-0.05, 0) is 22.9 Å². The lowest BCUT2D eigenvalue weighted by atomic mass is 10.0. The number of hydrogen-bond acceptors (Lipinski definition) is 10. The maximum absolute atomic E-state index is 11.3. The predicted octanol–water partition coefficient (Wildman–Crippen LogP) is 1.04. The van der Waals surface area contributed by atoms with E-state index in [0.29, 0.717) is 16.5 Å². The Morgan fingerprint density at radius 1 is 0.600 bits per heavy atom. The van der Waals surface area contributed by atoms with Crippen molar-refractivity contribution in [3.05, 3.63) is 49.1 Å². The summed E-state index contributed by atoms with van der Waals surface area (Å²) in [5.74, 6) is 0.0532. The number of aromatic nitrogens is 6. The van der Waals surface area contributed by atoms with Crippen LogP contribution in [0.5, 0.6) is 0 Å². The van der Waals surface area contributed by atoms with Crippen molar-refractivity contribution < 1.29 is 25.9 Å². The number of fused-ring (bicyclic) bond motifs is 1. The van der Waals surface area contributed by atoms with E-state index in [-0.39, 0.29) is 11.6 Å². The molecule has 0 atom stereocenters. The van der Waals surface area contributed by atoms with Crippen molar-refractivity contribution in [2.24, 2.45) is 0 Å². The van der Waals surface area contributed by atoms with Gasteiger partial charge in [0.25, 0.3) is 10.3 Å². The Kier molecular flexibility index (Phi) is 4.70. The van der Waals surface area contributed by atoms with Gasteiger partial charge in [0.15, 0.2) is 11.6 Å². The molecule has 0 aliphatic rings. The average molecular weight is 446 g/mol. The van der Waals surface area contributed by atoms with E-state index in [1.54, 1.807) is 36.4 Å². The van der Waals surface area contributed by atoms with Gasteiger partial charge in [-0.15, -0.1) is 0 Å². The molecule has 0 fully saturated rings. The molecule has 0 aliphatic carbocycles. The van der Waals surface area contributed by atoms with Crippen molar-refractivity contribution in [2.75, 3.05) is 0 Å². The van der Waals surface area contributed by atoms with Gasteiger partial charge in [0, 0.05) is 11.1 Å². The zero-order chi connectivity index (χ0) is 21.5. The van der Waals surface area contributed by atoms with E-state index >= 15 is 0 Å². The van der Waals surface area contributed by atoms with E-state index in [4.69, 9.17) is 9.11 Å². The highest BCUT2D eigenvalue weighted by atomic mass is 32.2. The molecule has 2 N–H and O–H groups in total. The third-order valence-corrected chi connectivity index (χ3v) is 5.23. The minimum absolute atomic E-state index is 0.0266. The minimum Gasteiger partial charge on any atom is -0.279 e. The Morgan fingerprint density at radius 2 is 1.03 bits per heavy atom. The molecule has 14 heteroatoms. The summed E-state index contributed by atoms with van der Waals surface area (Å²) in [6.07, 6.45) is 1.93. The molecular weight excluding hydrogens is 436 g/mol. The van der Waals surface area contributed by atoms with E-state index < -0.39 is 30.5 Å². The van der Waals surface area contributed by atoms with Crippen molar-refractivity contribution in [1.82, 2.24) is 29.9 Å². The lowest BCUT2D eigenvalue weighted by Crippen LogP contribution is -2.06. The first kappa shape index (κ1) is 19.8. The van der Waals surface area contributed by atoms with Crippen LogP contribution in [-0.4, -0.2) is 55.8 Å². The number of hydrogen-bond donors (Lipinski definition) is 2. The maximum atomic E-state index is 11.3. The minimum atomic E-state index is -4.59. The van der Waals surface area contributed by atoms with Crippen LogP contribution in [0.25, 0.3) is 33.5 Å². The Hall–Kier alpha value is -3.46. The van der Waals surface area contributed by atoms with Gasteiger partial charge in [-0.2, -0.15) is 26.8 Å². The maximum Gasteiger partial charge on any atom is 0.330 e. The van der Waals surface area contributed by atoms with Crippen LogP contribution < -0.4 is 0 Å². The molecule has 2 heterocycles.